The number of β-lactam (4-membered cyclic amide) rings is 2. The van der Waals surface area contributed by atoms with E-state index >= 15 is 0 Å². The zero-order valence-corrected chi connectivity index (χ0v) is 73.4. The third-order valence-corrected chi connectivity index (χ3v) is 24.6. The number of rotatable bonds is 25. The van der Waals surface area contributed by atoms with Crippen LogP contribution in [-0.2, 0) is 80.2 Å². The van der Waals surface area contributed by atoms with Gasteiger partial charge in [0.25, 0.3) is 2.43 Å². The number of aryl methyl sites for hydroxylation is 2. The number of amides is 2. The van der Waals surface area contributed by atoms with Crippen LogP contribution in [0.2, 0.25) is 8.67 Å². The number of benzene rings is 2. The van der Waals surface area contributed by atoms with E-state index in [9.17, 15) is 43.5 Å². The standard InChI is InChI=1S/C33H37ClIN3O8S2.C18H19ClN2O4S.C14H19ClN2O5S.CH2BI3.3CH4.ClH/c1-18-36-25(27(34)48-18)24(37-46-33(5,6)31(42)45-32(2,3)4)23(39)15-22-28(40)38-26(20(9-8-14-35)17-47-29(22)38)30(41)44-16-19-10-12-21(43-7)13-11-19;1-24-13-6-4-11(5-7-13)9-25-18(23)15-12(3-2-8-19)10-26-17-14(20)16(22)21(15)17;1-7-16-8(10(15)23-7)9(11(18)19)17-22-14(5,6)12(20)21-13(2,3)4;3-1-2(4)5;;;;/h8-13,22,29H,14-17H2,1-7H3;2-7,14,17H,8-10,20H2,1H3;1-6H3,(H,18,19);1H2;3*1H4;1H/b9-8+,37-24+;3-2+;17-9-;;;;;/t22-,29?;14-,17?;;;;;;/m11....../s1. The van der Waals surface area contributed by atoms with Gasteiger partial charge in [-0.15, -0.1) is 115 Å². The number of thioether (sulfide) groups is 2. The van der Waals surface area contributed by atoms with Crippen molar-refractivity contribution in [2.24, 2.45) is 22.0 Å². The van der Waals surface area contributed by atoms with Crippen LogP contribution in [0.3, 0.4) is 0 Å². The normalized spacial score (nSPS) is 17.0. The molecule has 0 radical (unpaired) electrons. The van der Waals surface area contributed by atoms with E-state index in [1.54, 1.807) is 118 Å². The van der Waals surface area contributed by atoms with Crippen LogP contribution in [0.5, 0.6) is 11.5 Å². The van der Waals surface area contributed by atoms with Crippen molar-refractivity contribution in [2.45, 2.75) is 164 Å². The number of aliphatic carboxylic acids is 1. The predicted molar refractivity (Wildman–Crippen MR) is 461 cm³/mol. The summed E-state index contributed by atoms with van der Waals surface area (Å²) in [4.78, 5) is 124. The molecule has 2 aromatic carbocycles. The van der Waals surface area contributed by atoms with E-state index in [-0.39, 0.29) is 103 Å². The smallest absolute Gasteiger partial charge is 0.360 e. The SMILES string of the molecule is C.C.C.COc1ccc(COC(=O)C2=C(/C=C/CCl)CSC3[C@H](N)C(=O)N23)cc1.COc1ccc(COC(=O)C2=C(/C=C/CI)CSC3[C@H](CC(=O)/C(=N\OC(C)(C)C(=O)OC(C)(C)C)c4nc(C)sc4Cl)C(=O)N23)cc1.Cc1nc(/C(=N/OC(C)(C)C(=O)OC(C)(C)C)C(=O)O)c(Cl)s1.Cl.ICB(I)I. The summed E-state index contributed by atoms with van der Waals surface area (Å²) >= 11 is 32.7. The van der Waals surface area contributed by atoms with Crippen molar-refractivity contribution in [2.75, 3.05) is 40.4 Å². The highest BCUT2D eigenvalue weighted by molar-refractivity contribution is 14.3. The van der Waals surface area contributed by atoms with E-state index in [1.807, 2.05) is 24.3 Å². The number of methoxy groups -OCH3 is 2. The first-order chi connectivity index (χ1) is 47.7. The van der Waals surface area contributed by atoms with Gasteiger partial charge in [0, 0.05) is 28.2 Å². The Labute approximate surface area is 712 Å². The second-order valence-electron chi connectivity index (χ2n) is 24.9. The van der Waals surface area contributed by atoms with Crippen molar-refractivity contribution in [1.82, 2.24) is 19.8 Å². The number of thiazole rings is 2. The van der Waals surface area contributed by atoms with Gasteiger partial charge < -0.3 is 48.9 Å². The highest BCUT2D eigenvalue weighted by Gasteiger charge is 2.55. The number of alkyl halides is 3. The van der Waals surface area contributed by atoms with Gasteiger partial charge in [-0.3, -0.25) is 24.2 Å². The van der Waals surface area contributed by atoms with Crippen LogP contribution >= 0.6 is 183 Å². The number of hydrogen-bond acceptors (Lipinski definition) is 25. The van der Waals surface area contributed by atoms with Crippen molar-refractivity contribution in [3.05, 3.63) is 137 Å². The largest absolute Gasteiger partial charge is 0.497 e. The van der Waals surface area contributed by atoms with Crippen LogP contribution in [0, 0.1) is 19.8 Å². The molecule has 4 aliphatic rings. The predicted octanol–water partition coefficient (Wildman–Crippen LogP) is 16.1. The highest BCUT2D eigenvalue weighted by Crippen LogP contribution is 2.47. The summed E-state index contributed by atoms with van der Waals surface area (Å²) < 4.78 is 35.2. The van der Waals surface area contributed by atoms with Crippen LogP contribution in [0.25, 0.3) is 0 Å². The second kappa shape index (κ2) is 45.5. The fourth-order valence-corrected chi connectivity index (χ4v) is 14.0. The third kappa shape index (κ3) is 28.9. The molecule has 3 N–H and O–H groups in total. The molecule has 8 rings (SSSR count). The van der Waals surface area contributed by atoms with Crippen molar-refractivity contribution in [3.63, 3.8) is 0 Å². The number of carbonyl (C=O) groups excluding carboxylic acids is 7. The number of nitrogens with zero attached hydrogens (tertiary/aromatic N) is 6. The Morgan fingerprint density at radius 1 is 0.660 bits per heavy atom. The van der Waals surface area contributed by atoms with Crippen LogP contribution < -0.4 is 15.2 Å². The van der Waals surface area contributed by atoms with Gasteiger partial charge in [0.05, 0.1) is 35.5 Å². The van der Waals surface area contributed by atoms with Gasteiger partial charge in [0.15, 0.2) is 11.5 Å². The first-order valence-corrected chi connectivity index (χ1v) is 41.3. The number of fused-ring (bicyclic) bond motifs is 2. The van der Waals surface area contributed by atoms with Crippen LogP contribution in [-0.4, -0.2) is 166 Å². The molecule has 2 saturated heterocycles. The Bertz CT molecular complexity index is 3910. The Kier molecular flexibility index (Phi) is 42.9. The molecule has 2 aromatic heterocycles. The molecule has 6 heterocycles. The molecule has 106 heavy (non-hydrogen) atoms. The van der Waals surface area contributed by atoms with E-state index in [0.717, 1.165) is 42.0 Å². The number of ether oxygens (including phenoxy) is 6. The first-order valence-electron chi connectivity index (χ1n) is 30.8. The number of halogens is 8. The fraction of sp³-hybridized carbons (Fsp3) is 0.478. The number of esters is 4. The van der Waals surface area contributed by atoms with E-state index in [1.165, 1.54) is 65.3 Å². The number of nitrogens with two attached hydrogens (primary N) is 1. The molecule has 0 bridgehead atoms. The number of aromatic nitrogens is 2. The number of Topliss-reactive ketones (excluding diaryl/α,β-unsaturated/α-hetero) is 1. The molecule has 24 nitrogen and oxygen atoms in total. The lowest BCUT2D eigenvalue weighted by Gasteiger charge is -2.49. The molecule has 2 fully saturated rings. The summed E-state index contributed by atoms with van der Waals surface area (Å²) in [5.41, 5.74) is 4.14. The Hall–Kier alpha value is -4.04. The van der Waals surface area contributed by atoms with E-state index in [0.29, 0.717) is 48.7 Å². The molecule has 0 spiro atoms. The number of ketones is 1. The van der Waals surface area contributed by atoms with E-state index in [2.05, 4.69) is 110 Å². The van der Waals surface area contributed by atoms with Gasteiger partial charge in [-0.25, -0.2) is 33.9 Å². The Balaban J connectivity index is 0.000000819. The first kappa shape index (κ1) is 100.0. The molecule has 2 unspecified atom stereocenters. The number of carboxylic acid groups (broad SMARTS) is 1. The summed E-state index contributed by atoms with van der Waals surface area (Å²) in [7, 11) is 3.16. The minimum atomic E-state index is -1.55. The van der Waals surface area contributed by atoms with Gasteiger partial charge in [0.1, 0.15) is 78.8 Å². The maximum Gasteiger partial charge on any atom is 0.360 e. The zero-order valence-electron chi connectivity index (χ0n) is 58.4. The highest BCUT2D eigenvalue weighted by atomic mass is 127. The van der Waals surface area contributed by atoms with Crippen LogP contribution in [0.1, 0.15) is 130 Å². The lowest BCUT2D eigenvalue weighted by molar-refractivity contribution is -0.180. The van der Waals surface area contributed by atoms with Gasteiger partial charge in [-0.1, -0.05) is 150 Å². The van der Waals surface area contributed by atoms with Gasteiger partial charge in [-0.05, 0) is 134 Å². The molecule has 0 saturated carbocycles. The molecule has 4 aromatic rings. The van der Waals surface area contributed by atoms with Crippen molar-refractivity contribution >= 4 is 245 Å². The molecule has 0 aliphatic carbocycles. The number of hydrogen-bond donors (Lipinski definition) is 2. The number of carboxylic acids is 1. The van der Waals surface area contributed by atoms with E-state index < -0.39 is 87.0 Å². The van der Waals surface area contributed by atoms with Crippen LogP contribution in [0.4, 0.5) is 0 Å². The van der Waals surface area contributed by atoms with Gasteiger partial charge in [0.2, 0.25) is 28.7 Å². The van der Waals surface area contributed by atoms with Crippen molar-refractivity contribution in [3.8, 4) is 11.5 Å². The van der Waals surface area contributed by atoms with Crippen molar-refractivity contribution in [1.29, 1.82) is 0 Å². The molecular weight excluding hydrogens is 1990 g/mol. The van der Waals surface area contributed by atoms with Gasteiger partial charge in [-0.2, -0.15) is 0 Å². The molecule has 586 valence electrons. The topological polar surface area (TPSA) is 314 Å². The molecule has 4 atom stereocenters. The van der Waals surface area contributed by atoms with E-state index in [4.69, 9.17) is 78.6 Å². The number of carbonyl (C=O) groups is 8. The summed E-state index contributed by atoms with van der Waals surface area (Å²) in [6.07, 6.45) is 6.98. The maximum atomic E-state index is 13.8. The summed E-state index contributed by atoms with van der Waals surface area (Å²) in [5.74, 6) is -3.13. The maximum absolute atomic E-state index is 13.8. The zero-order chi connectivity index (χ0) is 76.4. The Morgan fingerprint density at radius 2 is 1.05 bits per heavy atom. The molecule has 2 amide bonds. The minimum absolute atomic E-state index is 0. The molecule has 4 aliphatic heterocycles. The quantitative estimate of drug-likeness (QED) is 0.00910. The average Bonchev–Trinajstić information content (AvgIpc) is 0.859. The Morgan fingerprint density at radius 3 is 1.41 bits per heavy atom. The fourth-order valence-electron chi connectivity index (χ4n) is 8.80. The van der Waals surface area contributed by atoms with Crippen molar-refractivity contribution < 1.29 is 81.6 Å². The second-order valence-corrected chi connectivity index (χ2v) is 38.2. The average molecular weight is 2080 g/mol. The number of allylic oxidation sites excluding steroid dienone is 4. The number of oxime groups is 2. The molecule has 37 heteroatoms. The van der Waals surface area contributed by atoms with Crippen LogP contribution in [0.15, 0.2) is 106 Å². The monoisotopic (exact) mass is 2080 g/mol. The lowest BCUT2D eigenvalue weighted by Crippen LogP contribution is -2.68. The summed E-state index contributed by atoms with van der Waals surface area (Å²) in [6.45, 7) is 19.6. The minimum Gasteiger partial charge on any atom is -0.497 e. The summed E-state index contributed by atoms with van der Waals surface area (Å²) in [5, 5.41) is 17.4. The molecular formula is C69H90BCl4I4N7O17S4. The van der Waals surface area contributed by atoms with Gasteiger partial charge >= 0.3 is 29.8 Å². The summed E-state index contributed by atoms with van der Waals surface area (Å²) in [6, 6.07) is 13.8. The third-order valence-electron chi connectivity index (χ3n) is 13.7. The lowest BCUT2D eigenvalue weighted by atomic mass is 9.89.